The summed E-state index contributed by atoms with van der Waals surface area (Å²) in [5, 5.41) is 0. The Labute approximate surface area is 98.5 Å². The van der Waals surface area contributed by atoms with Gasteiger partial charge in [0.2, 0.25) is 0 Å². The normalized spacial score (nSPS) is 26.9. The fraction of sp³-hybridized carbons (Fsp3) is 0.600. The van der Waals surface area contributed by atoms with E-state index in [1.54, 1.807) is 11.1 Å². The van der Waals surface area contributed by atoms with Gasteiger partial charge >= 0.3 is 0 Å². The minimum atomic E-state index is 0.701. The van der Waals surface area contributed by atoms with Crippen molar-refractivity contribution in [2.75, 3.05) is 13.6 Å². The first-order valence-corrected chi connectivity index (χ1v) is 6.64. The van der Waals surface area contributed by atoms with E-state index in [0.717, 1.165) is 5.92 Å². The van der Waals surface area contributed by atoms with Crippen LogP contribution in [-0.2, 0) is 6.42 Å². The molecule has 1 aromatic rings. The van der Waals surface area contributed by atoms with E-state index in [0.29, 0.717) is 6.04 Å². The maximum Gasteiger partial charge on any atom is 0.0376 e. The van der Waals surface area contributed by atoms with Gasteiger partial charge in [0.25, 0.3) is 0 Å². The second kappa shape index (κ2) is 4.21. The number of hydrogen-bond donors (Lipinski definition) is 0. The van der Waals surface area contributed by atoms with Crippen molar-refractivity contribution in [2.24, 2.45) is 5.92 Å². The topological polar surface area (TPSA) is 3.24 Å². The number of benzene rings is 1. The zero-order valence-corrected chi connectivity index (χ0v) is 10.2. The van der Waals surface area contributed by atoms with Crippen molar-refractivity contribution in [3.05, 3.63) is 35.4 Å². The monoisotopic (exact) mass is 215 g/mol. The Morgan fingerprint density at radius 3 is 2.69 bits per heavy atom. The Balaban J connectivity index is 1.96. The van der Waals surface area contributed by atoms with Gasteiger partial charge in [-0.05, 0) is 43.4 Å². The van der Waals surface area contributed by atoms with Gasteiger partial charge in [0, 0.05) is 12.6 Å². The van der Waals surface area contributed by atoms with E-state index in [2.05, 4.69) is 36.2 Å². The van der Waals surface area contributed by atoms with Gasteiger partial charge in [-0.1, -0.05) is 37.1 Å². The van der Waals surface area contributed by atoms with Gasteiger partial charge in [-0.15, -0.1) is 0 Å². The number of hydrogen-bond acceptors (Lipinski definition) is 1. The Morgan fingerprint density at radius 2 is 1.88 bits per heavy atom. The van der Waals surface area contributed by atoms with Gasteiger partial charge in [0.15, 0.2) is 0 Å². The van der Waals surface area contributed by atoms with Crippen LogP contribution in [-0.4, -0.2) is 18.5 Å². The molecule has 0 amide bonds. The van der Waals surface area contributed by atoms with Crippen LogP contribution in [0.2, 0.25) is 0 Å². The van der Waals surface area contributed by atoms with Gasteiger partial charge in [-0.3, -0.25) is 4.90 Å². The summed E-state index contributed by atoms with van der Waals surface area (Å²) in [5.74, 6) is 0.909. The Bertz CT molecular complexity index is 365. The van der Waals surface area contributed by atoms with E-state index < -0.39 is 0 Å². The molecule has 0 spiro atoms. The third kappa shape index (κ3) is 1.67. The second-order valence-corrected chi connectivity index (χ2v) is 5.42. The summed E-state index contributed by atoms with van der Waals surface area (Å²) in [7, 11) is 2.30. The summed E-state index contributed by atoms with van der Waals surface area (Å²) < 4.78 is 0. The van der Waals surface area contributed by atoms with E-state index in [4.69, 9.17) is 0 Å². The molecule has 1 aliphatic carbocycles. The molecule has 1 fully saturated rings. The Kier molecular flexibility index (Phi) is 2.72. The Morgan fingerprint density at radius 1 is 1.12 bits per heavy atom. The molecule has 1 atom stereocenters. The van der Waals surface area contributed by atoms with Crippen molar-refractivity contribution in [3.8, 4) is 0 Å². The molecular weight excluding hydrogens is 194 g/mol. The third-order valence-corrected chi connectivity index (χ3v) is 4.43. The molecule has 0 saturated heterocycles. The maximum absolute atomic E-state index is 2.58. The summed E-state index contributed by atoms with van der Waals surface area (Å²) in [6.45, 7) is 1.23. The van der Waals surface area contributed by atoms with Gasteiger partial charge in [0.05, 0.1) is 0 Å². The molecule has 1 heterocycles. The van der Waals surface area contributed by atoms with Crippen LogP contribution < -0.4 is 0 Å². The first-order chi connectivity index (χ1) is 7.86. The molecule has 0 bridgehead atoms. The van der Waals surface area contributed by atoms with E-state index in [9.17, 15) is 0 Å². The van der Waals surface area contributed by atoms with Crippen LogP contribution >= 0.6 is 0 Å². The molecule has 2 aliphatic rings. The average Bonchev–Trinajstić information content (AvgIpc) is 2.82. The first kappa shape index (κ1) is 10.3. The lowest BCUT2D eigenvalue weighted by Gasteiger charge is -2.38. The highest BCUT2D eigenvalue weighted by molar-refractivity contribution is 5.33. The highest BCUT2D eigenvalue weighted by atomic mass is 15.1. The highest BCUT2D eigenvalue weighted by Gasteiger charge is 2.32. The second-order valence-electron chi connectivity index (χ2n) is 5.42. The van der Waals surface area contributed by atoms with Crippen molar-refractivity contribution in [1.82, 2.24) is 4.90 Å². The highest BCUT2D eigenvalue weighted by Crippen LogP contribution is 2.41. The molecule has 0 N–H and O–H groups in total. The van der Waals surface area contributed by atoms with Crippen LogP contribution in [0.15, 0.2) is 24.3 Å². The van der Waals surface area contributed by atoms with Gasteiger partial charge < -0.3 is 0 Å². The van der Waals surface area contributed by atoms with E-state index >= 15 is 0 Å². The van der Waals surface area contributed by atoms with Crippen LogP contribution in [0.5, 0.6) is 0 Å². The molecule has 0 radical (unpaired) electrons. The lowest BCUT2D eigenvalue weighted by atomic mass is 9.84. The Hall–Kier alpha value is -0.820. The predicted molar refractivity (Wildman–Crippen MR) is 67.5 cm³/mol. The predicted octanol–water partition coefficient (Wildman–Crippen LogP) is 3.41. The van der Waals surface area contributed by atoms with Crippen LogP contribution in [0.25, 0.3) is 0 Å². The molecular formula is C15H21N. The smallest absolute Gasteiger partial charge is 0.0376 e. The molecule has 1 unspecified atom stereocenters. The van der Waals surface area contributed by atoms with E-state index in [1.165, 1.54) is 38.6 Å². The number of nitrogens with zero attached hydrogens (tertiary/aromatic N) is 1. The SMILES string of the molecule is CN1CCc2ccccc2C1C1CCCC1. The zero-order chi connectivity index (χ0) is 11.0. The van der Waals surface area contributed by atoms with Crippen molar-refractivity contribution in [1.29, 1.82) is 0 Å². The fourth-order valence-electron chi connectivity index (χ4n) is 3.61. The summed E-state index contributed by atoms with van der Waals surface area (Å²) in [4.78, 5) is 2.58. The third-order valence-electron chi connectivity index (χ3n) is 4.43. The number of rotatable bonds is 1. The summed E-state index contributed by atoms with van der Waals surface area (Å²) in [5.41, 5.74) is 3.21. The standard InChI is InChI=1S/C15H21N/c1-16-11-10-12-6-4-5-9-14(12)15(16)13-7-2-3-8-13/h4-6,9,13,15H,2-3,7-8,10-11H2,1H3. The summed E-state index contributed by atoms with van der Waals surface area (Å²) in [6, 6.07) is 9.78. The van der Waals surface area contributed by atoms with Crippen molar-refractivity contribution in [2.45, 2.75) is 38.1 Å². The minimum Gasteiger partial charge on any atom is -0.299 e. The zero-order valence-electron chi connectivity index (χ0n) is 10.2. The van der Waals surface area contributed by atoms with Gasteiger partial charge in [-0.25, -0.2) is 0 Å². The van der Waals surface area contributed by atoms with Crippen LogP contribution in [0.4, 0.5) is 0 Å². The lowest BCUT2D eigenvalue weighted by molar-refractivity contribution is 0.165. The molecule has 1 aliphatic heterocycles. The van der Waals surface area contributed by atoms with Crippen molar-refractivity contribution in [3.63, 3.8) is 0 Å². The molecule has 86 valence electrons. The van der Waals surface area contributed by atoms with Crippen molar-refractivity contribution >= 4 is 0 Å². The molecule has 1 aromatic carbocycles. The quantitative estimate of drug-likeness (QED) is 0.694. The van der Waals surface area contributed by atoms with Crippen LogP contribution in [0, 0.1) is 5.92 Å². The minimum absolute atomic E-state index is 0.701. The van der Waals surface area contributed by atoms with Gasteiger partial charge in [-0.2, -0.15) is 0 Å². The van der Waals surface area contributed by atoms with Crippen LogP contribution in [0.1, 0.15) is 42.9 Å². The summed E-state index contributed by atoms with van der Waals surface area (Å²) in [6.07, 6.45) is 6.98. The molecule has 1 nitrogen and oxygen atoms in total. The molecule has 1 saturated carbocycles. The number of likely N-dealkylation sites (N-methyl/N-ethyl adjacent to an activating group) is 1. The van der Waals surface area contributed by atoms with Crippen molar-refractivity contribution < 1.29 is 0 Å². The van der Waals surface area contributed by atoms with Crippen LogP contribution in [0.3, 0.4) is 0 Å². The molecule has 3 rings (SSSR count). The fourth-order valence-corrected chi connectivity index (χ4v) is 3.61. The average molecular weight is 215 g/mol. The van der Waals surface area contributed by atoms with Gasteiger partial charge in [0.1, 0.15) is 0 Å². The maximum atomic E-state index is 2.58. The molecule has 1 heteroatoms. The molecule has 16 heavy (non-hydrogen) atoms. The number of fused-ring (bicyclic) bond motifs is 1. The van der Waals surface area contributed by atoms with E-state index in [-0.39, 0.29) is 0 Å². The first-order valence-electron chi connectivity index (χ1n) is 6.64. The largest absolute Gasteiger partial charge is 0.299 e. The van der Waals surface area contributed by atoms with E-state index in [1.807, 2.05) is 0 Å². The summed E-state index contributed by atoms with van der Waals surface area (Å²) >= 11 is 0. The lowest BCUT2D eigenvalue weighted by Crippen LogP contribution is -2.35. The molecule has 0 aromatic heterocycles.